The number of carbonyl (C=O) groups is 1. The molecular formula is C21H19ClFN5O3S3. The fourth-order valence-corrected chi connectivity index (χ4v) is 8.23. The summed E-state index contributed by atoms with van der Waals surface area (Å²) < 4.78 is 44.3. The number of fused-ring (bicyclic) bond motifs is 1. The molecule has 0 saturated carbocycles. The average molecular weight is 540 g/mol. The lowest BCUT2D eigenvalue weighted by molar-refractivity contribution is -0.121. The van der Waals surface area contributed by atoms with Crippen molar-refractivity contribution in [2.24, 2.45) is 0 Å². The summed E-state index contributed by atoms with van der Waals surface area (Å²) in [6.07, 6.45) is 4.38. The van der Waals surface area contributed by atoms with Crippen molar-refractivity contribution in [3.05, 3.63) is 58.9 Å². The Balaban J connectivity index is 1.48. The van der Waals surface area contributed by atoms with Gasteiger partial charge in [0.15, 0.2) is 5.13 Å². The van der Waals surface area contributed by atoms with Gasteiger partial charge in [0.25, 0.3) is 10.0 Å². The van der Waals surface area contributed by atoms with E-state index in [1.54, 1.807) is 29.2 Å². The maximum Gasteiger partial charge on any atom is 0.253 e. The van der Waals surface area contributed by atoms with Gasteiger partial charge in [0, 0.05) is 25.5 Å². The fraction of sp³-hybridized carbons (Fsp3) is 0.286. The second kappa shape index (κ2) is 9.34. The van der Waals surface area contributed by atoms with Crippen molar-refractivity contribution >= 4 is 65.6 Å². The van der Waals surface area contributed by atoms with E-state index in [0.29, 0.717) is 39.1 Å². The van der Waals surface area contributed by atoms with Crippen LogP contribution in [-0.2, 0) is 21.4 Å². The van der Waals surface area contributed by atoms with E-state index in [0.717, 1.165) is 11.3 Å². The molecule has 1 unspecified atom stereocenters. The van der Waals surface area contributed by atoms with E-state index in [1.807, 2.05) is 0 Å². The van der Waals surface area contributed by atoms with Crippen LogP contribution in [0.15, 0.2) is 53.0 Å². The van der Waals surface area contributed by atoms with Gasteiger partial charge in [-0.2, -0.15) is 9.40 Å². The number of thiazole rings is 1. The smallest absolute Gasteiger partial charge is 0.253 e. The molecule has 0 bridgehead atoms. The fourth-order valence-electron chi connectivity index (χ4n) is 3.94. The van der Waals surface area contributed by atoms with E-state index < -0.39 is 16.1 Å². The van der Waals surface area contributed by atoms with Crippen LogP contribution in [0.3, 0.4) is 0 Å². The topological polar surface area (TPSA) is 88.4 Å². The zero-order chi connectivity index (χ0) is 23.9. The summed E-state index contributed by atoms with van der Waals surface area (Å²) in [6, 6.07) is 8.16. The molecule has 4 aromatic rings. The van der Waals surface area contributed by atoms with Gasteiger partial charge in [-0.1, -0.05) is 22.9 Å². The molecule has 0 spiro atoms. The summed E-state index contributed by atoms with van der Waals surface area (Å²) in [4.78, 5) is 19.8. The maximum absolute atomic E-state index is 13.8. The molecule has 3 aromatic heterocycles. The number of sulfonamides is 1. The molecule has 1 aromatic carbocycles. The zero-order valence-corrected chi connectivity index (χ0v) is 20.9. The minimum atomic E-state index is -3.88. The lowest BCUT2D eigenvalue weighted by atomic mass is 10.2. The first-order valence-corrected chi connectivity index (χ1v) is 13.9. The molecule has 1 amide bonds. The van der Waals surface area contributed by atoms with Crippen molar-refractivity contribution in [2.45, 2.75) is 29.6 Å². The molecular weight excluding hydrogens is 521 g/mol. The highest BCUT2D eigenvalue weighted by Crippen LogP contribution is 2.35. The van der Waals surface area contributed by atoms with Crippen LogP contribution < -0.4 is 4.90 Å². The Morgan fingerprint density at radius 1 is 1.26 bits per heavy atom. The summed E-state index contributed by atoms with van der Waals surface area (Å²) in [5, 5.41) is 4.57. The van der Waals surface area contributed by atoms with Crippen LogP contribution in [0.25, 0.3) is 10.2 Å². The SMILES string of the molecule is O=C(C1CCCN1S(=O)(=O)c1ccc(Cl)s1)N(CCn1cccn1)c1nc2ccc(F)cc2s1. The Hall–Kier alpha value is -2.38. The first kappa shape index (κ1) is 23.4. The number of nitrogens with zero attached hydrogens (tertiary/aromatic N) is 5. The monoisotopic (exact) mass is 539 g/mol. The molecule has 1 fully saturated rings. The first-order valence-electron chi connectivity index (χ1n) is 10.4. The van der Waals surface area contributed by atoms with Crippen molar-refractivity contribution in [3.63, 3.8) is 0 Å². The van der Waals surface area contributed by atoms with Crippen molar-refractivity contribution in [1.29, 1.82) is 0 Å². The minimum Gasteiger partial charge on any atom is -0.285 e. The highest BCUT2D eigenvalue weighted by molar-refractivity contribution is 7.91. The third kappa shape index (κ3) is 4.48. The Kier molecular flexibility index (Phi) is 6.42. The van der Waals surface area contributed by atoms with Gasteiger partial charge in [0.1, 0.15) is 16.1 Å². The Morgan fingerprint density at radius 2 is 2.12 bits per heavy atom. The lowest BCUT2D eigenvalue weighted by Gasteiger charge is -2.28. The molecule has 8 nitrogen and oxygen atoms in total. The van der Waals surface area contributed by atoms with E-state index in [2.05, 4.69) is 10.1 Å². The summed E-state index contributed by atoms with van der Waals surface area (Å²) in [6.45, 7) is 0.868. The lowest BCUT2D eigenvalue weighted by Crippen LogP contribution is -2.48. The van der Waals surface area contributed by atoms with Crippen molar-refractivity contribution < 1.29 is 17.6 Å². The second-order valence-electron chi connectivity index (χ2n) is 7.70. The Morgan fingerprint density at radius 3 is 2.85 bits per heavy atom. The molecule has 13 heteroatoms. The molecule has 34 heavy (non-hydrogen) atoms. The predicted molar refractivity (Wildman–Crippen MR) is 130 cm³/mol. The molecule has 1 aliphatic heterocycles. The number of aromatic nitrogens is 3. The van der Waals surface area contributed by atoms with E-state index in [9.17, 15) is 17.6 Å². The van der Waals surface area contributed by atoms with Gasteiger partial charge in [-0.15, -0.1) is 11.3 Å². The van der Waals surface area contributed by atoms with Crippen molar-refractivity contribution in [3.8, 4) is 0 Å². The molecule has 5 rings (SSSR count). The van der Waals surface area contributed by atoms with Crippen LogP contribution in [-0.4, -0.2) is 52.5 Å². The summed E-state index contributed by atoms with van der Waals surface area (Å²) >= 11 is 8.12. The summed E-state index contributed by atoms with van der Waals surface area (Å²) in [5.74, 6) is -0.754. The normalized spacial score (nSPS) is 16.9. The number of thiophene rings is 1. The average Bonchev–Trinajstić information content (AvgIpc) is 3.59. The third-order valence-corrected chi connectivity index (χ3v) is 10.2. The van der Waals surface area contributed by atoms with E-state index in [4.69, 9.17) is 11.6 Å². The Labute approximate surface area is 208 Å². The number of hydrogen-bond acceptors (Lipinski definition) is 7. The second-order valence-corrected chi connectivity index (χ2v) is 12.5. The van der Waals surface area contributed by atoms with Gasteiger partial charge < -0.3 is 0 Å². The van der Waals surface area contributed by atoms with Gasteiger partial charge in [0.2, 0.25) is 5.91 Å². The standard InChI is InChI=1S/C21H19ClFN5O3S3/c22-18-6-7-19(33-18)34(30,31)28-10-1-3-16(28)20(29)27(12-11-26-9-2-8-24-26)21-25-15-5-4-14(23)13-17(15)32-21/h2,4-9,13,16H,1,3,10-12H2. The number of amides is 1. The van der Waals surface area contributed by atoms with Crippen LogP contribution in [0.4, 0.5) is 9.52 Å². The van der Waals surface area contributed by atoms with Crippen LogP contribution >= 0.6 is 34.3 Å². The van der Waals surface area contributed by atoms with Crippen molar-refractivity contribution in [2.75, 3.05) is 18.0 Å². The summed E-state index contributed by atoms with van der Waals surface area (Å²) in [7, 11) is -3.88. The molecule has 0 radical (unpaired) electrons. The number of anilines is 1. The number of rotatable bonds is 7. The molecule has 1 aliphatic rings. The highest BCUT2D eigenvalue weighted by atomic mass is 35.5. The van der Waals surface area contributed by atoms with Gasteiger partial charge in [0.05, 0.1) is 21.1 Å². The number of benzene rings is 1. The summed E-state index contributed by atoms with van der Waals surface area (Å²) in [5.41, 5.74) is 0.572. The van der Waals surface area contributed by atoms with E-state index in [1.165, 1.54) is 44.8 Å². The van der Waals surface area contributed by atoms with Gasteiger partial charge >= 0.3 is 0 Å². The van der Waals surface area contributed by atoms with Crippen LogP contribution in [0.5, 0.6) is 0 Å². The van der Waals surface area contributed by atoms with E-state index in [-0.39, 0.29) is 29.0 Å². The van der Waals surface area contributed by atoms with Gasteiger partial charge in [-0.25, -0.2) is 17.8 Å². The van der Waals surface area contributed by atoms with Crippen LogP contribution in [0, 0.1) is 5.82 Å². The number of hydrogen-bond donors (Lipinski definition) is 0. The van der Waals surface area contributed by atoms with Crippen molar-refractivity contribution in [1.82, 2.24) is 19.1 Å². The number of halogens is 2. The molecule has 4 heterocycles. The highest BCUT2D eigenvalue weighted by Gasteiger charge is 2.42. The van der Waals surface area contributed by atoms with Gasteiger partial charge in [-0.05, 0) is 49.2 Å². The minimum absolute atomic E-state index is 0.107. The first-order chi connectivity index (χ1) is 16.3. The van der Waals surface area contributed by atoms with E-state index >= 15 is 0 Å². The van der Waals surface area contributed by atoms with Gasteiger partial charge in [-0.3, -0.25) is 14.4 Å². The third-order valence-electron chi connectivity index (χ3n) is 5.55. The Bertz CT molecular complexity index is 1440. The zero-order valence-electron chi connectivity index (χ0n) is 17.7. The van der Waals surface area contributed by atoms with Crippen LogP contribution in [0.2, 0.25) is 4.34 Å². The molecule has 1 saturated heterocycles. The predicted octanol–water partition coefficient (Wildman–Crippen LogP) is 4.23. The molecule has 0 N–H and O–H groups in total. The molecule has 0 aliphatic carbocycles. The van der Waals surface area contributed by atoms with Crippen LogP contribution in [0.1, 0.15) is 12.8 Å². The molecule has 1 atom stereocenters. The largest absolute Gasteiger partial charge is 0.285 e. The quantitative estimate of drug-likeness (QED) is 0.350. The maximum atomic E-state index is 13.8. The number of carbonyl (C=O) groups excluding carboxylic acids is 1. The molecule has 178 valence electrons.